The summed E-state index contributed by atoms with van der Waals surface area (Å²) in [6.07, 6.45) is -4.43. The molecule has 0 unspecified atom stereocenters. The van der Waals surface area contributed by atoms with Crippen molar-refractivity contribution in [1.29, 1.82) is 0 Å². The molecule has 0 radical (unpaired) electrons. The van der Waals surface area contributed by atoms with Crippen LogP contribution in [0.4, 0.5) is 18.0 Å². The van der Waals surface area contributed by atoms with Gasteiger partial charge in [-0.05, 0) is 27.3 Å². The molecule has 1 aromatic heterocycles. The number of nitrogens with one attached hydrogen (secondary N) is 1. The van der Waals surface area contributed by atoms with E-state index in [4.69, 9.17) is 9.47 Å². The van der Waals surface area contributed by atoms with Gasteiger partial charge < -0.3 is 19.7 Å². The number of amides is 1. The predicted octanol–water partition coefficient (Wildman–Crippen LogP) is 3.38. The molecule has 0 bridgehead atoms. The zero-order chi connectivity index (χ0) is 20.9. The summed E-state index contributed by atoms with van der Waals surface area (Å²) < 4.78 is 50.2. The van der Waals surface area contributed by atoms with Gasteiger partial charge in [0.1, 0.15) is 11.7 Å². The SMILES string of the molecule is CCNCc1cc(OC2CCN(C(=O)OC(C)(C)C)CC2)nc(C(F)(F)F)n1. The first-order chi connectivity index (χ1) is 13.0. The van der Waals surface area contributed by atoms with E-state index < -0.39 is 23.7 Å². The summed E-state index contributed by atoms with van der Waals surface area (Å²) in [5.74, 6) is -1.32. The van der Waals surface area contributed by atoms with Gasteiger partial charge >= 0.3 is 12.3 Å². The number of aromatic nitrogens is 2. The molecule has 0 aliphatic carbocycles. The molecular formula is C18H27F3N4O3. The van der Waals surface area contributed by atoms with Crippen LogP contribution in [0.3, 0.4) is 0 Å². The fourth-order valence-corrected chi connectivity index (χ4v) is 2.66. The third-order valence-corrected chi connectivity index (χ3v) is 3.95. The second kappa shape index (κ2) is 8.93. The third kappa shape index (κ3) is 6.81. The Bertz CT molecular complexity index is 669. The quantitative estimate of drug-likeness (QED) is 0.811. The Hall–Kier alpha value is -2.10. The highest BCUT2D eigenvalue weighted by atomic mass is 19.4. The minimum Gasteiger partial charge on any atom is -0.474 e. The largest absolute Gasteiger partial charge is 0.474 e. The van der Waals surface area contributed by atoms with E-state index in [1.165, 1.54) is 6.07 Å². The van der Waals surface area contributed by atoms with E-state index in [1.807, 2.05) is 6.92 Å². The summed E-state index contributed by atoms with van der Waals surface area (Å²) >= 11 is 0. The van der Waals surface area contributed by atoms with Crippen molar-refractivity contribution in [2.75, 3.05) is 19.6 Å². The van der Waals surface area contributed by atoms with Crippen LogP contribution in [0.5, 0.6) is 5.88 Å². The number of rotatable bonds is 5. The van der Waals surface area contributed by atoms with Crippen LogP contribution in [0.2, 0.25) is 0 Å². The fourth-order valence-electron chi connectivity index (χ4n) is 2.66. The average molecular weight is 404 g/mol. The molecule has 28 heavy (non-hydrogen) atoms. The molecule has 10 heteroatoms. The molecule has 1 N–H and O–H groups in total. The van der Waals surface area contributed by atoms with E-state index in [0.717, 1.165) is 0 Å². The molecule has 158 valence electrons. The first-order valence-electron chi connectivity index (χ1n) is 9.28. The molecule has 1 amide bonds. The summed E-state index contributed by atoms with van der Waals surface area (Å²) in [5.41, 5.74) is -0.368. The van der Waals surface area contributed by atoms with E-state index in [9.17, 15) is 18.0 Å². The van der Waals surface area contributed by atoms with E-state index in [-0.39, 0.29) is 24.2 Å². The molecular weight excluding hydrogens is 377 g/mol. The molecule has 1 aliphatic rings. The predicted molar refractivity (Wildman–Crippen MR) is 95.9 cm³/mol. The Morgan fingerprint density at radius 1 is 1.25 bits per heavy atom. The lowest BCUT2D eigenvalue weighted by Crippen LogP contribution is -2.44. The number of nitrogens with zero attached hydrogens (tertiary/aromatic N) is 3. The molecule has 1 aliphatic heterocycles. The van der Waals surface area contributed by atoms with Gasteiger partial charge in [0.15, 0.2) is 0 Å². The van der Waals surface area contributed by atoms with Gasteiger partial charge in [-0.3, -0.25) is 0 Å². The van der Waals surface area contributed by atoms with Crippen LogP contribution in [-0.2, 0) is 17.5 Å². The minimum absolute atomic E-state index is 0.106. The second-order valence-corrected chi connectivity index (χ2v) is 7.58. The number of alkyl halides is 3. The maximum atomic E-state index is 13.1. The van der Waals surface area contributed by atoms with Crippen molar-refractivity contribution in [3.8, 4) is 5.88 Å². The Balaban J connectivity index is 2.01. The number of halogens is 3. The molecule has 2 rings (SSSR count). The van der Waals surface area contributed by atoms with Crippen LogP contribution in [-0.4, -0.2) is 52.3 Å². The fraction of sp³-hybridized carbons (Fsp3) is 0.722. The summed E-state index contributed by atoms with van der Waals surface area (Å²) in [6.45, 7) is 8.82. The zero-order valence-corrected chi connectivity index (χ0v) is 16.6. The van der Waals surface area contributed by atoms with Gasteiger partial charge in [0.25, 0.3) is 0 Å². The molecule has 0 atom stereocenters. The summed E-state index contributed by atoms with van der Waals surface area (Å²) in [6, 6.07) is 1.41. The van der Waals surface area contributed by atoms with Crippen LogP contribution < -0.4 is 10.1 Å². The first-order valence-corrected chi connectivity index (χ1v) is 9.28. The lowest BCUT2D eigenvalue weighted by atomic mass is 10.1. The molecule has 2 heterocycles. The molecule has 0 aromatic carbocycles. The highest BCUT2D eigenvalue weighted by Gasteiger charge is 2.36. The normalized spacial score (nSPS) is 16.2. The first kappa shape index (κ1) is 22.2. The number of hydrogen-bond donors (Lipinski definition) is 1. The van der Waals surface area contributed by atoms with Crippen LogP contribution in [0.15, 0.2) is 6.07 Å². The number of carbonyl (C=O) groups is 1. The van der Waals surface area contributed by atoms with Crippen molar-refractivity contribution < 1.29 is 27.4 Å². The van der Waals surface area contributed by atoms with Crippen molar-refractivity contribution in [2.24, 2.45) is 0 Å². The van der Waals surface area contributed by atoms with E-state index >= 15 is 0 Å². The molecule has 1 fully saturated rings. The van der Waals surface area contributed by atoms with Gasteiger partial charge in [0.05, 0.1) is 5.69 Å². The van der Waals surface area contributed by atoms with Gasteiger partial charge in [-0.1, -0.05) is 6.92 Å². The standard InChI is InChI=1S/C18H27F3N4O3/c1-5-22-11-12-10-14(24-15(23-12)18(19,20)21)27-13-6-8-25(9-7-13)16(26)28-17(2,3)4/h10,13,22H,5-9,11H2,1-4H3. The zero-order valence-electron chi connectivity index (χ0n) is 16.6. The topological polar surface area (TPSA) is 76.6 Å². The summed E-state index contributed by atoms with van der Waals surface area (Å²) in [5, 5.41) is 2.94. The van der Waals surface area contributed by atoms with E-state index in [1.54, 1.807) is 25.7 Å². The van der Waals surface area contributed by atoms with Crippen molar-refractivity contribution in [3.63, 3.8) is 0 Å². The molecule has 0 saturated carbocycles. The van der Waals surface area contributed by atoms with Crippen molar-refractivity contribution in [2.45, 2.75) is 65.0 Å². The van der Waals surface area contributed by atoms with Crippen molar-refractivity contribution >= 4 is 6.09 Å². The number of ether oxygens (including phenoxy) is 2. The van der Waals surface area contributed by atoms with Gasteiger partial charge in [0.2, 0.25) is 11.7 Å². The van der Waals surface area contributed by atoms with Gasteiger partial charge in [-0.2, -0.15) is 18.2 Å². The Morgan fingerprint density at radius 2 is 1.89 bits per heavy atom. The molecule has 0 spiro atoms. The van der Waals surface area contributed by atoms with Crippen molar-refractivity contribution in [1.82, 2.24) is 20.2 Å². The highest BCUT2D eigenvalue weighted by Crippen LogP contribution is 2.28. The monoisotopic (exact) mass is 404 g/mol. The maximum absolute atomic E-state index is 13.1. The van der Waals surface area contributed by atoms with Crippen LogP contribution in [0, 0.1) is 0 Å². The Labute approximate surface area is 162 Å². The maximum Gasteiger partial charge on any atom is 0.451 e. The summed E-state index contributed by atoms with van der Waals surface area (Å²) in [4.78, 5) is 20.7. The number of carbonyl (C=O) groups excluding carboxylic acids is 1. The van der Waals surface area contributed by atoms with Gasteiger partial charge in [-0.15, -0.1) is 0 Å². The molecule has 1 aromatic rings. The van der Waals surface area contributed by atoms with Crippen molar-refractivity contribution in [3.05, 3.63) is 17.6 Å². The number of likely N-dealkylation sites (tertiary alicyclic amines) is 1. The average Bonchev–Trinajstić information content (AvgIpc) is 2.58. The Morgan fingerprint density at radius 3 is 2.43 bits per heavy atom. The van der Waals surface area contributed by atoms with Gasteiger partial charge in [0, 0.05) is 38.5 Å². The van der Waals surface area contributed by atoms with E-state index in [0.29, 0.717) is 32.5 Å². The molecule has 1 saturated heterocycles. The van der Waals surface area contributed by atoms with Crippen LogP contribution in [0.1, 0.15) is 52.1 Å². The lowest BCUT2D eigenvalue weighted by Gasteiger charge is -2.33. The Kier molecular flexibility index (Phi) is 7.08. The smallest absolute Gasteiger partial charge is 0.451 e. The number of hydrogen-bond acceptors (Lipinski definition) is 6. The number of piperidine rings is 1. The second-order valence-electron chi connectivity index (χ2n) is 7.58. The van der Waals surface area contributed by atoms with E-state index in [2.05, 4.69) is 15.3 Å². The highest BCUT2D eigenvalue weighted by molar-refractivity contribution is 5.68. The molecule has 7 nitrogen and oxygen atoms in total. The third-order valence-electron chi connectivity index (χ3n) is 3.95. The summed E-state index contributed by atoms with van der Waals surface area (Å²) in [7, 11) is 0. The van der Waals surface area contributed by atoms with Crippen LogP contribution >= 0.6 is 0 Å². The van der Waals surface area contributed by atoms with Crippen LogP contribution in [0.25, 0.3) is 0 Å². The minimum atomic E-state index is -4.65. The van der Waals surface area contributed by atoms with Gasteiger partial charge in [-0.25, -0.2) is 9.78 Å². The lowest BCUT2D eigenvalue weighted by molar-refractivity contribution is -0.145.